The highest BCUT2D eigenvalue weighted by Gasteiger charge is 2.21. The minimum Gasteiger partial charge on any atom is -0.501 e. The Balaban J connectivity index is 1.66. The fraction of sp³-hybridized carbons (Fsp3) is 0.353. The van der Waals surface area contributed by atoms with Crippen LogP contribution in [0.15, 0.2) is 91.2 Å². The van der Waals surface area contributed by atoms with E-state index in [4.69, 9.17) is 4.74 Å². The van der Waals surface area contributed by atoms with Gasteiger partial charge in [-0.3, -0.25) is 9.59 Å². The Morgan fingerprint density at radius 2 is 1.58 bits per heavy atom. The quantitative estimate of drug-likeness (QED) is 0.191. The fourth-order valence-electron chi connectivity index (χ4n) is 4.77. The van der Waals surface area contributed by atoms with Gasteiger partial charge in [0.05, 0.1) is 19.3 Å². The molecule has 3 rings (SSSR count). The van der Waals surface area contributed by atoms with Crippen molar-refractivity contribution in [1.29, 1.82) is 0 Å². The van der Waals surface area contributed by atoms with Crippen molar-refractivity contribution in [3.8, 4) is 11.1 Å². The predicted octanol–water partition coefficient (Wildman–Crippen LogP) is 7.53. The third-order valence-electron chi connectivity index (χ3n) is 7.01. The van der Waals surface area contributed by atoms with E-state index in [-0.39, 0.29) is 29.6 Å². The second-order valence-electron chi connectivity index (χ2n) is 10.6. The summed E-state index contributed by atoms with van der Waals surface area (Å²) in [6.07, 6.45) is 5.08. The molecule has 0 aliphatic rings. The van der Waals surface area contributed by atoms with Crippen molar-refractivity contribution in [3.05, 3.63) is 96.8 Å². The Kier molecular flexibility index (Phi) is 10.5. The molecule has 0 bridgehead atoms. The van der Waals surface area contributed by atoms with Crippen LogP contribution in [0.1, 0.15) is 46.1 Å². The number of ketones is 1. The molecular weight excluding hydrogens is 470 g/mol. The maximum Gasteiger partial charge on any atom is 0.224 e. The Morgan fingerprint density at radius 3 is 2.21 bits per heavy atom. The molecule has 3 atom stereocenters. The molecule has 0 spiro atoms. The first-order valence-corrected chi connectivity index (χ1v) is 13.5. The maximum atomic E-state index is 13.1. The molecule has 0 radical (unpaired) electrons. The smallest absolute Gasteiger partial charge is 0.224 e. The number of benzene rings is 3. The molecular formula is C34H41NO3. The van der Waals surface area contributed by atoms with E-state index in [2.05, 4.69) is 81.2 Å². The van der Waals surface area contributed by atoms with Crippen molar-refractivity contribution < 1.29 is 14.3 Å². The molecule has 0 aliphatic heterocycles. The van der Waals surface area contributed by atoms with Gasteiger partial charge in [-0.2, -0.15) is 0 Å². The van der Waals surface area contributed by atoms with Crippen LogP contribution in [0.25, 0.3) is 21.9 Å². The Morgan fingerprint density at radius 1 is 0.921 bits per heavy atom. The van der Waals surface area contributed by atoms with Gasteiger partial charge >= 0.3 is 0 Å². The number of hydrogen-bond donors (Lipinski definition) is 1. The van der Waals surface area contributed by atoms with Gasteiger partial charge in [0, 0.05) is 18.4 Å². The first-order valence-electron chi connectivity index (χ1n) is 13.5. The lowest BCUT2D eigenvalue weighted by Crippen LogP contribution is -2.40. The molecule has 3 aromatic carbocycles. The van der Waals surface area contributed by atoms with Crippen LogP contribution in [0.4, 0.5) is 0 Å². The van der Waals surface area contributed by atoms with E-state index in [1.165, 1.54) is 16.8 Å². The summed E-state index contributed by atoms with van der Waals surface area (Å²) in [4.78, 5) is 25.0. The maximum absolute atomic E-state index is 13.1. The van der Waals surface area contributed by atoms with Crippen LogP contribution in [0.5, 0.6) is 0 Å². The van der Waals surface area contributed by atoms with Gasteiger partial charge in [-0.1, -0.05) is 94.9 Å². The monoisotopic (exact) mass is 511 g/mol. The summed E-state index contributed by atoms with van der Waals surface area (Å²) in [5.74, 6) is 1.04. The van der Waals surface area contributed by atoms with Crippen molar-refractivity contribution in [2.24, 2.45) is 17.8 Å². The number of hydrogen-bond acceptors (Lipinski definition) is 3. The molecule has 0 aromatic heterocycles. The number of rotatable bonds is 13. The summed E-state index contributed by atoms with van der Waals surface area (Å²) >= 11 is 0. The molecule has 0 saturated heterocycles. The molecule has 3 unspecified atom stereocenters. The van der Waals surface area contributed by atoms with Gasteiger partial charge in [-0.05, 0) is 63.9 Å². The molecule has 0 aliphatic carbocycles. The largest absolute Gasteiger partial charge is 0.501 e. The van der Waals surface area contributed by atoms with Crippen LogP contribution < -0.4 is 5.32 Å². The minimum absolute atomic E-state index is 0.000676. The molecule has 0 fully saturated rings. The molecule has 1 amide bonds. The van der Waals surface area contributed by atoms with Crippen LogP contribution in [0.3, 0.4) is 0 Å². The summed E-state index contributed by atoms with van der Waals surface area (Å²) in [6, 6.07) is 23.0. The topological polar surface area (TPSA) is 55.4 Å². The number of ether oxygens (including phenoxy) is 1. The third-order valence-corrected chi connectivity index (χ3v) is 7.01. The van der Waals surface area contributed by atoms with Crippen molar-refractivity contribution in [1.82, 2.24) is 5.32 Å². The molecule has 0 heterocycles. The number of amides is 1. The number of carbonyl (C=O) groups excluding carboxylic acids is 2. The number of nitrogens with one attached hydrogen (secondary N) is 1. The van der Waals surface area contributed by atoms with E-state index in [1.54, 1.807) is 7.11 Å². The number of carbonyl (C=O) groups is 2. The van der Waals surface area contributed by atoms with Crippen LogP contribution in [0, 0.1) is 17.8 Å². The van der Waals surface area contributed by atoms with E-state index in [0.717, 1.165) is 28.9 Å². The predicted molar refractivity (Wildman–Crippen MR) is 158 cm³/mol. The summed E-state index contributed by atoms with van der Waals surface area (Å²) in [5.41, 5.74) is 3.27. The highest BCUT2D eigenvalue weighted by Crippen LogP contribution is 2.25. The van der Waals surface area contributed by atoms with Gasteiger partial charge in [-0.25, -0.2) is 0 Å². The van der Waals surface area contributed by atoms with Crippen molar-refractivity contribution in [2.75, 3.05) is 7.11 Å². The minimum atomic E-state index is -0.193. The van der Waals surface area contributed by atoms with E-state index < -0.39 is 0 Å². The lowest BCUT2D eigenvalue weighted by Gasteiger charge is -2.26. The van der Waals surface area contributed by atoms with Crippen molar-refractivity contribution in [2.45, 2.75) is 53.0 Å². The van der Waals surface area contributed by atoms with E-state index in [0.29, 0.717) is 18.8 Å². The molecule has 4 nitrogen and oxygen atoms in total. The van der Waals surface area contributed by atoms with Gasteiger partial charge in [0.2, 0.25) is 5.91 Å². The highest BCUT2D eigenvalue weighted by atomic mass is 16.5. The lowest BCUT2D eigenvalue weighted by atomic mass is 9.91. The third kappa shape index (κ3) is 8.17. The van der Waals surface area contributed by atoms with Gasteiger partial charge in [0.1, 0.15) is 0 Å². The molecule has 3 aromatic rings. The van der Waals surface area contributed by atoms with Gasteiger partial charge in [0.25, 0.3) is 0 Å². The lowest BCUT2D eigenvalue weighted by molar-refractivity contribution is -0.121. The SMILES string of the molecule is C=CC(=O)C(C)C/C(=C/C(C)C(CC(C)C)NC(=O)Cc1ccc(-c2ccc3ccccc3c2)cc1)OC. The summed E-state index contributed by atoms with van der Waals surface area (Å²) in [5, 5.41) is 5.70. The van der Waals surface area contributed by atoms with Crippen LogP contribution in [-0.4, -0.2) is 24.8 Å². The first-order chi connectivity index (χ1) is 18.2. The highest BCUT2D eigenvalue weighted by molar-refractivity contribution is 5.91. The van der Waals surface area contributed by atoms with Crippen LogP contribution >= 0.6 is 0 Å². The van der Waals surface area contributed by atoms with Gasteiger partial charge in [-0.15, -0.1) is 0 Å². The van der Waals surface area contributed by atoms with Crippen molar-refractivity contribution >= 4 is 22.5 Å². The van der Waals surface area contributed by atoms with Gasteiger partial charge in [0.15, 0.2) is 5.78 Å². The zero-order chi connectivity index (χ0) is 27.7. The normalized spacial score (nSPS) is 14.1. The first kappa shape index (κ1) is 28.9. The van der Waals surface area contributed by atoms with E-state index in [9.17, 15) is 9.59 Å². The molecule has 200 valence electrons. The second kappa shape index (κ2) is 13.8. The Labute approximate surface area is 227 Å². The average Bonchev–Trinajstić information content (AvgIpc) is 2.91. The molecule has 0 saturated carbocycles. The average molecular weight is 512 g/mol. The van der Waals surface area contributed by atoms with Crippen molar-refractivity contribution in [3.63, 3.8) is 0 Å². The van der Waals surface area contributed by atoms with E-state index >= 15 is 0 Å². The zero-order valence-corrected chi connectivity index (χ0v) is 23.4. The van der Waals surface area contributed by atoms with Gasteiger partial charge < -0.3 is 10.1 Å². The Bertz CT molecular complexity index is 1270. The molecule has 4 heteroatoms. The molecule has 1 N–H and O–H groups in total. The zero-order valence-electron chi connectivity index (χ0n) is 23.4. The summed E-state index contributed by atoms with van der Waals surface area (Å²) in [7, 11) is 1.63. The van der Waals surface area contributed by atoms with Crippen LogP contribution in [-0.2, 0) is 20.7 Å². The van der Waals surface area contributed by atoms with E-state index in [1.807, 2.05) is 31.2 Å². The second-order valence-corrected chi connectivity index (χ2v) is 10.6. The number of methoxy groups -OCH3 is 1. The van der Waals surface area contributed by atoms with Crippen LogP contribution in [0.2, 0.25) is 0 Å². The summed E-state index contributed by atoms with van der Waals surface area (Å²) < 4.78 is 5.58. The summed E-state index contributed by atoms with van der Waals surface area (Å²) in [6.45, 7) is 11.9. The number of fused-ring (bicyclic) bond motifs is 1. The Hall–Kier alpha value is -3.66. The fourth-order valence-corrected chi connectivity index (χ4v) is 4.77. The standard InChI is InChI=1S/C34H41NO3/c1-7-33(36)25(5)20-31(38-6)19-24(4)32(18-23(2)3)35-34(37)21-26-12-14-28(15-13-26)30-17-16-27-10-8-9-11-29(27)22-30/h7-17,19,22-25,32H,1,18,20-21H2,2-6H3,(H,35,37)/b31-19-. The molecule has 38 heavy (non-hydrogen) atoms. The number of allylic oxidation sites excluding steroid dienone is 2.